The fraction of sp³-hybridized carbons (Fsp3) is 0.630. The summed E-state index contributed by atoms with van der Waals surface area (Å²) in [6, 6.07) is 6.99. The third-order valence-electron chi connectivity index (χ3n) is 5.72. The SMILES string of the molecule is CCCCCCCC/C=C\CCCCCCCC(=O)NCCc1ccc(C(=O)NO)cc1. The first-order valence-corrected chi connectivity index (χ1v) is 12.6. The lowest BCUT2D eigenvalue weighted by atomic mass is 10.1. The predicted octanol–water partition coefficient (Wildman–Crippen LogP) is 6.50. The van der Waals surface area contributed by atoms with Crippen molar-refractivity contribution in [3.8, 4) is 0 Å². The molecule has 5 nitrogen and oxygen atoms in total. The van der Waals surface area contributed by atoms with Gasteiger partial charge in [0, 0.05) is 18.5 Å². The zero-order valence-corrected chi connectivity index (χ0v) is 20.0. The highest BCUT2D eigenvalue weighted by Gasteiger charge is 2.04. The normalized spacial score (nSPS) is 11.1. The molecule has 0 aromatic heterocycles. The Labute approximate surface area is 195 Å². The molecule has 0 aliphatic heterocycles. The van der Waals surface area contributed by atoms with Crippen molar-refractivity contribution in [2.24, 2.45) is 0 Å². The van der Waals surface area contributed by atoms with Gasteiger partial charge in [-0.15, -0.1) is 0 Å². The van der Waals surface area contributed by atoms with Crippen molar-refractivity contribution in [1.82, 2.24) is 10.8 Å². The van der Waals surface area contributed by atoms with E-state index in [1.165, 1.54) is 70.6 Å². The van der Waals surface area contributed by atoms with E-state index in [1.807, 2.05) is 12.1 Å². The quantitative estimate of drug-likeness (QED) is 0.0986. The van der Waals surface area contributed by atoms with Crippen LogP contribution in [0.1, 0.15) is 113 Å². The molecule has 5 heteroatoms. The van der Waals surface area contributed by atoms with Crippen LogP contribution >= 0.6 is 0 Å². The fourth-order valence-electron chi connectivity index (χ4n) is 3.68. The average molecular weight is 445 g/mol. The Morgan fingerprint density at radius 3 is 1.97 bits per heavy atom. The number of unbranched alkanes of at least 4 members (excludes halogenated alkanes) is 11. The Morgan fingerprint density at radius 2 is 1.38 bits per heavy atom. The van der Waals surface area contributed by atoms with Crippen LogP contribution < -0.4 is 10.8 Å². The van der Waals surface area contributed by atoms with Crippen LogP contribution in [0.25, 0.3) is 0 Å². The fourth-order valence-corrected chi connectivity index (χ4v) is 3.68. The molecule has 0 radical (unpaired) electrons. The Hall–Kier alpha value is -2.14. The first kappa shape index (κ1) is 27.9. The van der Waals surface area contributed by atoms with Gasteiger partial charge in [-0.05, 0) is 56.2 Å². The van der Waals surface area contributed by atoms with Gasteiger partial charge in [0.25, 0.3) is 5.91 Å². The molecule has 0 spiro atoms. The molecule has 0 atom stereocenters. The van der Waals surface area contributed by atoms with E-state index in [1.54, 1.807) is 17.6 Å². The number of amides is 2. The Kier molecular flexibility index (Phi) is 17.0. The van der Waals surface area contributed by atoms with Crippen molar-refractivity contribution < 1.29 is 14.8 Å². The number of nitrogens with one attached hydrogen (secondary N) is 2. The molecular weight excluding hydrogens is 400 g/mol. The number of hydroxylamine groups is 1. The van der Waals surface area contributed by atoms with E-state index < -0.39 is 5.91 Å². The molecule has 0 bridgehead atoms. The van der Waals surface area contributed by atoms with Crippen LogP contribution in [0.2, 0.25) is 0 Å². The molecule has 0 fully saturated rings. The van der Waals surface area contributed by atoms with Gasteiger partial charge in [0.05, 0.1) is 0 Å². The Bertz CT molecular complexity index is 641. The average Bonchev–Trinajstić information content (AvgIpc) is 2.81. The maximum Gasteiger partial charge on any atom is 0.274 e. The third kappa shape index (κ3) is 14.8. The first-order chi connectivity index (χ1) is 15.7. The van der Waals surface area contributed by atoms with Crippen LogP contribution in [-0.2, 0) is 11.2 Å². The smallest absolute Gasteiger partial charge is 0.274 e. The molecule has 0 heterocycles. The lowest BCUT2D eigenvalue weighted by molar-refractivity contribution is -0.121. The Balaban J connectivity index is 1.91. The van der Waals surface area contributed by atoms with Gasteiger partial charge in [-0.25, -0.2) is 5.48 Å². The summed E-state index contributed by atoms with van der Waals surface area (Å²) in [6.07, 6.45) is 22.4. The van der Waals surface area contributed by atoms with Crippen molar-refractivity contribution in [3.63, 3.8) is 0 Å². The largest absolute Gasteiger partial charge is 0.356 e. The standard InChI is InChI=1S/C27H44N2O3/c1-2-3-4-5-6-7-8-9-10-11-12-13-14-15-16-17-26(30)28-23-22-24-18-20-25(21-19-24)27(31)29-32/h9-10,18-21,32H,2-8,11-17,22-23H2,1H3,(H,28,30)(H,29,31)/b10-9-. The second-order valence-corrected chi connectivity index (χ2v) is 8.57. The van der Waals surface area contributed by atoms with Crippen LogP contribution in [-0.4, -0.2) is 23.6 Å². The van der Waals surface area contributed by atoms with Gasteiger partial charge in [-0.2, -0.15) is 0 Å². The molecule has 0 aliphatic carbocycles. The van der Waals surface area contributed by atoms with Crippen molar-refractivity contribution >= 4 is 11.8 Å². The number of carbonyl (C=O) groups is 2. The third-order valence-corrected chi connectivity index (χ3v) is 5.72. The van der Waals surface area contributed by atoms with Crippen molar-refractivity contribution in [3.05, 3.63) is 47.5 Å². The van der Waals surface area contributed by atoms with Crippen molar-refractivity contribution in [2.75, 3.05) is 6.54 Å². The molecule has 0 saturated heterocycles. The van der Waals surface area contributed by atoms with Gasteiger partial charge in [0.15, 0.2) is 0 Å². The van der Waals surface area contributed by atoms with Gasteiger partial charge in [-0.1, -0.05) is 82.6 Å². The van der Waals surface area contributed by atoms with E-state index in [0.29, 0.717) is 18.5 Å². The van der Waals surface area contributed by atoms with Gasteiger partial charge in [-0.3, -0.25) is 14.8 Å². The minimum absolute atomic E-state index is 0.110. The van der Waals surface area contributed by atoms with E-state index in [9.17, 15) is 9.59 Å². The van der Waals surface area contributed by atoms with Gasteiger partial charge in [0.1, 0.15) is 0 Å². The summed E-state index contributed by atoms with van der Waals surface area (Å²) in [5, 5.41) is 11.6. The number of carbonyl (C=O) groups excluding carboxylic acids is 2. The van der Waals surface area contributed by atoms with Crippen LogP contribution in [0.3, 0.4) is 0 Å². The van der Waals surface area contributed by atoms with Crippen molar-refractivity contribution in [2.45, 2.75) is 103 Å². The maximum absolute atomic E-state index is 11.9. The molecule has 0 saturated carbocycles. The monoisotopic (exact) mass is 444 g/mol. The molecule has 1 aromatic rings. The molecule has 180 valence electrons. The van der Waals surface area contributed by atoms with Gasteiger partial charge in [0.2, 0.25) is 5.91 Å². The summed E-state index contributed by atoms with van der Waals surface area (Å²) < 4.78 is 0. The highest BCUT2D eigenvalue weighted by Crippen LogP contribution is 2.10. The number of benzene rings is 1. The van der Waals surface area contributed by atoms with E-state index in [0.717, 1.165) is 24.8 Å². The van der Waals surface area contributed by atoms with E-state index in [2.05, 4.69) is 24.4 Å². The summed E-state index contributed by atoms with van der Waals surface area (Å²) in [5.74, 6) is -0.413. The van der Waals surface area contributed by atoms with Crippen LogP contribution in [0.5, 0.6) is 0 Å². The molecule has 1 aromatic carbocycles. The lowest BCUT2D eigenvalue weighted by Gasteiger charge is -2.06. The maximum atomic E-state index is 11.9. The van der Waals surface area contributed by atoms with Gasteiger partial charge >= 0.3 is 0 Å². The van der Waals surface area contributed by atoms with Gasteiger partial charge < -0.3 is 5.32 Å². The molecule has 0 unspecified atom stereocenters. The topological polar surface area (TPSA) is 78.4 Å². The number of hydrogen-bond acceptors (Lipinski definition) is 3. The highest BCUT2D eigenvalue weighted by atomic mass is 16.5. The highest BCUT2D eigenvalue weighted by molar-refractivity contribution is 5.93. The van der Waals surface area contributed by atoms with Crippen molar-refractivity contribution in [1.29, 1.82) is 0 Å². The number of allylic oxidation sites excluding steroid dienone is 2. The summed E-state index contributed by atoms with van der Waals surface area (Å²) in [5.41, 5.74) is 3.06. The number of rotatable bonds is 19. The summed E-state index contributed by atoms with van der Waals surface area (Å²) in [7, 11) is 0. The first-order valence-electron chi connectivity index (χ1n) is 12.6. The van der Waals surface area contributed by atoms with Crippen LogP contribution in [0, 0.1) is 0 Å². The minimum atomic E-state index is -0.523. The second-order valence-electron chi connectivity index (χ2n) is 8.57. The van der Waals surface area contributed by atoms with E-state index in [-0.39, 0.29) is 5.91 Å². The zero-order chi connectivity index (χ0) is 23.3. The molecular formula is C27H44N2O3. The molecule has 3 N–H and O–H groups in total. The molecule has 1 rings (SSSR count). The summed E-state index contributed by atoms with van der Waals surface area (Å²) >= 11 is 0. The predicted molar refractivity (Wildman–Crippen MR) is 132 cm³/mol. The van der Waals surface area contributed by atoms with Crippen LogP contribution in [0.4, 0.5) is 0 Å². The Morgan fingerprint density at radius 1 is 0.812 bits per heavy atom. The van der Waals surface area contributed by atoms with E-state index >= 15 is 0 Å². The minimum Gasteiger partial charge on any atom is -0.356 e. The summed E-state index contributed by atoms with van der Waals surface area (Å²) in [6.45, 7) is 2.85. The van der Waals surface area contributed by atoms with E-state index in [4.69, 9.17) is 5.21 Å². The van der Waals surface area contributed by atoms with Crippen LogP contribution in [0.15, 0.2) is 36.4 Å². The molecule has 0 aliphatic rings. The molecule has 32 heavy (non-hydrogen) atoms. The second kappa shape index (κ2) is 19.5. The zero-order valence-electron chi connectivity index (χ0n) is 20.0. The number of hydrogen-bond donors (Lipinski definition) is 3. The lowest BCUT2D eigenvalue weighted by Crippen LogP contribution is -2.25. The molecule has 2 amide bonds. The summed E-state index contributed by atoms with van der Waals surface area (Å²) in [4.78, 5) is 23.2.